The standard InChI is InChI=1S/C20H15F2NO3/c21-16-9-8-14(10-17(16)22)19(24)23-18(20(25)26)11-13-6-3-5-12-4-1-2-7-15(12)13/h1-10,18H,11H2,(H,23,24)(H,25,26)/t18-/m0/s1. The van der Waals surface area contributed by atoms with Gasteiger partial charge >= 0.3 is 5.97 Å². The molecule has 0 spiro atoms. The molecule has 132 valence electrons. The van der Waals surface area contributed by atoms with Crippen LogP contribution >= 0.6 is 0 Å². The Morgan fingerprint density at radius 3 is 2.42 bits per heavy atom. The average molecular weight is 355 g/mol. The first kappa shape index (κ1) is 17.5. The topological polar surface area (TPSA) is 66.4 Å². The van der Waals surface area contributed by atoms with Gasteiger partial charge in [-0.25, -0.2) is 13.6 Å². The second kappa shape index (κ2) is 7.31. The van der Waals surface area contributed by atoms with Crippen LogP contribution in [0.15, 0.2) is 60.7 Å². The van der Waals surface area contributed by atoms with Crippen molar-refractivity contribution in [2.45, 2.75) is 12.5 Å². The van der Waals surface area contributed by atoms with Crippen LogP contribution in [-0.4, -0.2) is 23.0 Å². The largest absolute Gasteiger partial charge is 0.480 e. The van der Waals surface area contributed by atoms with Crippen molar-refractivity contribution in [3.8, 4) is 0 Å². The van der Waals surface area contributed by atoms with Crippen molar-refractivity contribution >= 4 is 22.6 Å². The molecule has 6 heteroatoms. The van der Waals surface area contributed by atoms with Crippen LogP contribution in [0.5, 0.6) is 0 Å². The summed E-state index contributed by atoms with van der Waals surface area (Å²) in [5.74, 6) is -4.24. The number of carboxylic acid groups (broad SMARTS) is 1. The third kappa shape index (κ3) is 3.69. The van der Waals surface area contributed by atoms with E-state index in [1.54, 1.807) is 6.07 Å². The van der Waals surface area contributed by atoms with Crippen molar-refractivity contribution in [3.63, 3.8) is 0 Å². The number of carbonyl (C=O) groups excluding carboxylic acids is 1. The molecule has 2 N–H and O–H groups in total. The van der Waals surface area contributed by atoms with Crippen molar-refractivity contribution in [1.82, 2.24) is 5.32 Å². The number of nitrogens with one attached hydrogen (secondary N) is 1. The lowest BCUT2D eigenvalue weighted by Gasteiger charge is -2.16. The monoisotopic (exact) mass is 355 g/mol. The van der Waals surface area contributed by atoms with Crippen molar-refractivity contribution < 1.29 is 23.5 Å². The molecule has 4 nitrogen and oxygen atoms in total. The maximum absolute atomic E-state index is 13.3. The number of fused-ring (bicyclic) bond motifs is 1. The van der Waals surface area contributed by atoms with Gasteiger partial charge in [0.25, 0.3) is 5.91 Å². The number of carboxylic acids is 1. The summed E-state index contributed by atoms with van der Waals surface area (Å²) in [7, 11) is 0. The Hall–Kier alpha value is -3.28. The fraction of sp³-hybridized carbons (Fsp3) is 0.100. The Labute approximate surface area is 148 Å². The Morgan fingerprint density at radius 1 is 0.962 bits per heavy atom. The fourth-order valence-electron chi connectivity index (χ4n) is 2.77. The number of rotatable bonds is 5. The molecule has 0 aromatic heterocycles. The molecule has 1 atom stereocenters. The lowest BCUT2D eigenvalue weighted by atomic mass is 9.98. The van der Waals surface area contributed by atoms with Crippen LogP contribution in [0, 0.1) is 11.6 Å². The summed E-state index contributed by atoms with van der Waals surface area (Å²) in [6.45, 7) is 0. The smallest absolute Gasteiger partial charge is 0.326 e. The highest BCUT2D eigenvalue weighted by Crippen LogP contribution is 2.20. The van der Waals surface area contributed by atoms with Gasteiger partial charge in [-0.05, 0) is 34.5 Å². The molecule has 0 saturated heterocycles. The van der Waals surface area contributed by atoms with Crippen molar-refractivity contribution in [2.75, 3.05) is 0 Å². The van der Waals surface area contributed by atoms with Crippen molar-refractivity contribution in [1.29, 1.82) is 0 Å². The molecule has 0 aliphatic carbocycles. The first-order chi connectivity index (χ1) is 12.5. The third-order valence-corrected chi connectivity index (χ3v) is 4.09. The molecule has 0 heterocycles. The molecule has 3 rings (SSSR count). The van der Waals surface area contributed by atoms with Crippen molar-refractivity contribution in [2.24, 2.45) is 0 Å². The molecular weight excluding hydrogens is 340 g/mol. The first-order valence-electron chi connectivity index (χ1n) is 7.91. The molecule has 0 aliphatic rings. The zero-order valence-electron chi connectivity index (χ0n) is 13.6. The van der Waals surface area contributed by atoms with E-state index >= 15 is 0 Å². The molecule has 0 unspecified atom stereocenters. The quantitative estimate of drug-likeness (QED) is 0.736. The minimum absolute atomic E-state index is 0.0616. The lowest BCUT2D eigenvalue weighted by Crippen LogP contribution is -2.42. The summed E-state index contributed by atoms with van der Waals surface area (Å²) in [5, 5.41) is 13.7. The fourth-order valence-corrected chi connectivity index (χ4v) is 2.77. The van der Waals surface area contributed by atoms with E-state index in [4.69, 9.17) is 0 Å². The third-order valence-electron chi connectivity index (χ3n) is 4.09. The highest BCUT2D eigenvalue weighted by molar-refractivity contribution is 5.97. The molecule has 0 aliphatic heterocycles. The second-order valence-electron chi connectivity index (χ2n) is 5.84. The van der Waals surface area contributed by atoms with E-state index in [2.05, 4.69) is 5.32 Å². The number of benzene rings is 3. The van der Waals surface area contributed by atoms with E-state index in [0.29, 0.717) is 0 Å². The molecule has 0 fully saturated rings. The van der Waals surface area contributed by atoms with Gasteiger partial charge in [0, 0.05) is 12.0 Å². The van der Waals surface area contributed by atoms with Gasteiger partial charge in [-0.3, -0.25) is 4.79 Å². The minimum atomic E-state index is -1.21. The van der Waals surface area contributed by atoms with E-state index < -0.39 is 29.6 Å². The summed E-state index contributed by atoms with van der Waals surface area (Å²) in [5.41, 5.74) is 0.620. The molecule has 0 saturated carbocycles. The van der Waals surface area contributed by atoms with Crippen LogP contribution in [-0.2, 0) is 11.2 Å². The summed E-state index contributed by atoms with van der Waals surface area (Å²) < 4.78 is 26.3. The number of aliphatic carboxylic acids is 1. The van der Waals surface area contributed by atoms with Gasteiger partial charge in [0.15, 0.2) is 11.6 Å². The molecule has 3 aromatic carbocycles. The Morgan fingerprint density at radius 2 is 1.69 bits per heavy atom. The van der Waals surface area contributed by atoms with E-state index in [1.165, 1.54) is 0 Å². The number of carbonyl (C=O) groups is 2. The van der Waals surface area contributed by atoms with Crippen LogP contribution in [0.2, 0.25) is 0 Å². The normalized spacial score (nSPS) is 11.9. The zero-order valence-corrected chi connectivity index (χ0v) is 13.6. The number of hydrogen-bond donors (Lipinski definition) is 2. The SMILES string of the molecule is O=C(N[C@@H](Cc1cccc2ccccc12)C(=O)O)c1ccc(F)c(F)c1. The maximum Gasteiger partial charge on any atom is 0.326 e. The van der Waals surface area contributed by atoms with Gasteiger partial charge in [-0.2, -0.15) is 0 Å². The van der Waals surface area contributed by atoms with E-state index in [1.807, 2.05) is 36.4 Å². The predicted molar refractivity (Wildman–Crippen MR) is 92.9 cm³/mol. The Bertz CT molecular complexity index is 982. The molecular formula is C20H15F2NO3. The summed E-state index contributed by atoms with van der Waals surface area (Å²) in [6, 6.07) is 14.5. The van der Waals surface area contributed by atoms with Crippen LogP contribution < -0.4 is 5.32 Å². The summed E-state index contributed by atoms with van der Waals surface area (Å²) >= 11 is 0. The number of halogens is 2. The van der Waals surface area contributed by atoms with Gasteiger partial charge in [0.05, 0.1) is 0 Å². The zero-order chi connectivity index (χ0) is 18.7. The molecule has 0 bridgehead atoms. The van der Waals surface area contributed by atoms with Gasteiger partial charge < -0.3 is 10.4 Å². The van der Waals surface area contributed by atoms with Gasteiger partial charge in [0.2, 0.25) is 0 Å². The van der Waals surface area contributed by atoms with Gasteiger partial charge in [-0.1, -0.05) is 42.5 Å². The van der Waals surface area contributed by atoms with E-state index in [0.717, 1.165) is 34.5 Å². The molecule has 1 amide bonds. The summed E-state index contributed by atoms with van der Waals surface area (Å²) in [4.78, 5) is 23.8. The highest BCUT2D eigenvalue weighted by atomic mass is 19.2. The first-order valence-corrected chi connectivity index (χ1v) is 7.91. The van der Waals surface area contributed by atoms with E-state index in [-0.39, 0.29) is 12.0 Å². The maximum atomic E-state index is 13.3. The van der Waals surface area contributed by atoms with Crippen molar-refractivity contribution in [3.05, 3.63) is 83.4 Å². The predicted octanol–water partition coefficient (Wildman–Crippen LogP) is 3.54. The molecule has 3 aromatic rings. The van der Waals surface area contributed by atoms with Crippen LogP contribution in [0.1, 0.15) is 15.9 Å². The highest BCUT2D eigenvalue weighted by Gasteiger charge is 2.22. The van der Waals surface area contributed by atoms with Crippen LogP contribution in [0.3, 0.4) is 0 Å². The minimum Gasteiger partial charge on any atom is -0.480 e. The van der Waals surface area contributed by atoms with Crippen LogP contribution in [0.25, 0.3) is 10.8 Å². The Kier molecular flexibility index (Phi) is 4.93. The lowest BCUT2D eigenvalue weighted by molar-refractivity contribution is -0.139. The number of hydrogen-bond acceptors (Lipinski definition) is 2. The molecule has 0 radical (unpaired) electrons. The summed E-state index contributed by atoms with van der Waals surface area (Å²) in [6.07, 6.45) is 0.0616. The van der Waals surface area contributed by atoms with Crippen LogP contribution in [0.4, 0.5) is 8.78 Å². The average Bonchev–Trinajstić information content (AvgIpc) is 2.63. The van der Waals surface area contributed by atoms with Gasteiger partial charge in [0.1, 0.15) is 6.04 Å². The molecule has 26 heavy (non-hydrogen) atoms. The van der Waals surface area contributed by atoms with Gasteiger partial charge in [-0.15, -0.1) is 0 Å². The Balaban J connectivity index is 1.84. The number of amides is 1. The second-order valence-corrected chi connectivity index (χ2v) is 5.84. The van der Waals surface area contributed by atoms with E-state index in [9.17, 15) is 23.5 Å².